The van der Waals surface area contributed by atoms with Gasteiger partial charge in [0.25, 0.3) is 5.91 Å². The molecule has 0 saturated carbocycles. The zero-order valence-corrected chi connectivity index (χ0v) is 11.4. The lowest BCUT2D eigenvalue weighted by Crippen LogP contribution is -2.13. The smallest absolute Gasteiger partial charge is 0.259 e. The van der Waals surface area contributed by atoms with Crippen molar-refractivity contribution in [3.05, 3.63) is 46.5 Å². The molecule has 2 aromatic carbocycles. The third-order valence-electron chi connectivity index (χ3n) is 2.85. The summed E-state index contributed by atoms with van der Waals surface area (Å²) in [5.74, 6) is -1.38. The average molecular weight is 293 g/mol. The Hall–Kier alpha value is -2.40. The van der Waals surface area contributed by atoms with Gasteiger partial charge in [0.2, 0.25) is 0 Å². The van der Waals surface area contributed by atoms with Gasteiger partial charge in [-0.1, -0.05) is 17.7 Å². The topological polar surface area (TPSA) is 95.6 Å². The van der Waals surface area contributed by atoms with Crippen molar-refractivity contribution in [2.75, 3.05) is 11.1 Å². The van der Waals surface area contributed by atoms with Crippen LogP contribution in [0.15, 0.2) is 30.3 Å². The lowest BCUT2D eigenvalue weighted by molar-refractivity contribution is 0.102. The second-order valence-electron chi connectivity index (χ2n) is 4.32. The fourth-order valence-electron chi connectivity index (χ4n) is 1.74. The summed E-state index contributed by atoms with van der Waals surface area (Å²) in [6.07, 6.45) is 0. The summed E-state index contributed by atoms with van der Waals surface area (Å²) in [6.45, 7) is 1.77. The number of nitrogens with two attached hydrogens (primary N) is 1. The van der Waals surface area contributed by atoms with Gasteiger partial charge >= 0.3 is 0 Å². The highest BCUT2D eigenvalue weighted by molar-refractivity contribution is 6.33. The number of aromatic hydroxyl groups is 2. The maximum Gasteiger partial charge on any atom is 0.259 e. The molecule has 0 heterocycles. The van der Waals surface area contributed by atoms with Crippen LogP contribution in [0.4, 0.5) is 11.4 Å². The Morgan fingerprint density at radius 3 is 2.70 bits per heavy atom. The molecule has 0 aliphatic heterocycles. The van der Waals surface area contributed by atoms with Crippen LogP contribution in [-0.2, 0) is 0 Å². The first-order valence-corrected chi connectivity index (χ1v) is 6.16. The van der Waals surface area contributed by atoms with Crippen molar-refractivity contribution >= 4 is 28.9 Å². The Balaban J connectivity index is 2.33. The molecule has 2 rings (SSSR count). The Labute approximate surface area is 120 Å². The summed E-state index contributed by atoms with van der Waals surface area (Å²) in [6, 6.07) is 7.33. The molecular formula is C14H13ClN2O3. The number of phenolic OH excluding ortho intramolecular Hbond substituents is 2. The van der Waals surface area contributed by atoms with Gasteiger partial charge in [-0.05, 0) is 36.8 Å². The van der Waals surface area contributed by atoms with Gasteiger partial charge in [0, 0.05) is 5.69 Å². The van der Waals surface area contributed by atoms with E-state index in [4.69, 9.17) is 17.3 Å². The van der Waals surface area contributed by atoms with Gasteiger partial charge in [-0.3, -0.25) is 4.79 Å². The van der Waals surface area contributed by atoms with Crippen LogP contribution in [0, 0.1) is 6.92 Å². The molecule has 104 valence electrons. The van der Waals surface area contributed by atoms with Crippen LogP contribution in [0.25, 0.3) is 0 Å². The van der Waals surface area contributed by atoms with Gasteiger partial charge in [0.1, 0.15) is 0 Å². The van der Waals surface area contributed by atoms with Crippen molar-refractivity contribution in [2.24, 2.45) is 0 Å². The number of carbonyl (C=O) groups excluding carboxylic acids is 1. The highest BCUT2D eigenvalue weighted by atomic mass is 35.5. The van der Waals surface area contributed by atoms with Gasteiger partial charge in [0.15, 0.2) is 11.5 Å². The molecule has 6 heteroatoms. The lowest BCUT2D eigenvalue weighted by Gasteiger charge is -2.11. The Morgan fingerprint density at radius 2 is 2.00 bits per heavy atom. The van der Waals surface area contributed by atoms with E-state index in [1.165, 1.54) is 24.3 Å². The molecule has 0 radical (unpaired) electrons. The predicted molar refractivity (Wildman–Crippen MR) is 78.3 cm³/mol. The summed E-state index contributed by atoms with van der Waals surface area (Å²) >= 11 is 5.91. The van der Waals surface area contributed by atoms with E-state index in [-0.39, 0.29) is 11.3 Å². The minimum absolute atomic E-state index is 0.0302. The summed E-state index contributed by atoms with van der Waals surface area (Å²) in [5, 5.41) is 22.0. The van der Waals surface area contributed by atoms with Crippen molar-refractivity contribution in [3.63, 3.8) is 0 Å². The molecule has 0 saturated heterocycles. The minimum Gasteiger partial charge on any atom is -0.504 e. The Bertz CT molecular complexity index is 686. The highest BCUT2D eigenvalue weighted by Crippen LogP contribution is 2.30. The number of para-hydroxylation sites is 1. The third-order valence-corrected chi connectivity index (χ3v) is 3.18. The highest BCUT2D eigenvalue weighted by Gasteiger charge is 2.15. The number of nitrogens with one attached hydrogen (secondary N) is 1. The number of aryl methyl sites for hydroxylation is 1. The fraction of sp³-hybridized carbons (Fsp3) is 0.0714. The monoisotopic (exact) mass is 292 g/mol. The van der Waals surface area contributed by atoms with E-state index >= 15 is 0 Å². The molecule has 0 unspecified atom stereocenters. The summed E-state index contributed by atoms with van der Waals surface area (Å²) in [4.78, 5) is 12.1. The Morgan fingerprint density at radius 1 is 1.30 bits per heavy atom. The zero-order chi connectivity index (χ0) is 14.9. The summed E-state index contributed by atoms with van der Waals surface area (Å²) in [7, 11) is 0. The van der Waals surface area contributed by atoms with Crippen LogP contribution in [-0.4, -0.2) is 16.1 Å². The molecule has 0 fully saturated rings. The molecule has 0 aliphatic carbocycles. The molecule has 2 aromatic rings. The second kappa shape index (κ2) is 5.30. The molecule has 0 spiro atoms. The van der Waals surface area contributed by atoms with Crippen LogP contribution in [0.2, 0.25) is 5.02 Å². The zero-order valence-electron chi connectivity index (χ0n) is 10.6. The predicted octanol–water partition coefficient (Wildman–Crippen LogP) is 2.89. The van der Waals surface area contributed by atoms with E-state index in [0.29, 0.717) is 16.4 Å². The maximum atomic E-state index is 12.1. The van der Waals surface area contributed by atoms with E-state index < -0.39 is 11.7 Å². The molecule has 1 amide bonds. The molecule has 5 N–H and O–H groups in total. The van der Waals surface area contributed by atoms with Crippen LogP contribution >= 0.6 is 11.6 Å². The van der Waals surface area contributed by atoms with Crippen LogP contribution < -0.4 is 11.1 Å². The van der Waals surface area contributed by atoms with Gasteiger partial charge in [-0.2, -0.15) is 0 Å². The van der Waals surface area contributed by atoms with Crippen LogP contribution in [0.1, 0.15) is 15.9 Å². The van der Waals surface area contributed by atoms with Crippen molar-refractivity contribution < 1.29 is 15.0 Å². The number of nitrogen functional groups attached to an aromatic ring is 1. The van der Waals surface area contributed by atoms with Gasteiger partial charge in [-0.25, -0.2) is 0 Å². The summed E-state index contributed by atoms with van der Waals surface area (Å²) in [5.41, 5.74) is 7.27. The number of rotatable bonds is 2. The first-order chi connectivity index (χ1) is 9.40. The molecule has 5 nitrogen and oxygen atoms in total. The van der Waals surface area contributed by atoms with Crippen LogP contribution in [0.5, 0.6) is 11.5 Å². The van der Waals surface area contributed by atoms with E-state index in [1.807, 2.05) is 0 Å². The molecule has 0 aliphatic rings. The molecule has 0 atom stereocenters. The van der Waals surface area contributed by atoms with E-state index in [2.05, 4.69) is 5.32 Å². The van der Waals surface area contributed by atoms with E-state index in [0.717, 1.165) is 5.56 Å². The number of benzene rings is 2. The normalized spacial score (nSPS) is 10.3. The maximum absolute atomic E-state index is 12.1. The number of amides is 1. The number of carbonyl (C=O) groups is 1. The number of hydrogen-bond donors (Lipinski definition) is 4. The van der Waals surface area contributed by atoms with Gasteiger partial charge in [-0.15, -0.1) is 0 Å². The SMILES string of the molecule is Cc1cc(N)c(Cl)cc1NC(=O)c1cccc(O)c1O. The van der Waals surface area contributed by atoms with Crippen LogP contribution in [0.3, 0.4) is 0 Å². The Kier molecular flexibility index (Phi) is 3.72. The minimum atomic E-state index is -0.553. The van der Waals surface area contributed by atoms with Gasteiger partial charge in [0.05, 0.1) is 16.3 Å². The molecule has 0 aromatic heterocycles. The number of hydrogen-bond acceptors (Lipinski definition) is 4. The van der Waals surface area contributed by atoms with E-state index in [9.17, 15) is 15.0 Å². The van der Waals surface area contributed by atoms with Crippen molar-refractivity contribution in [2.45, 2.75) is 6.92 Å². The standard InChI is InChI=1S/C14H13ClN2O3/c1-7-5-10(16)9(15)6-11(7)17-14(20)8-3-2-4-12(18)13(8)19/h2-6,18-19H,16H2,1H3,(H,17,20). The van der Waals surface area contributed by atoms with Crippen molar-refractivity contribution in [3.8, 4) is 11.5 Å². The average Bonchev–Trinajstić information content (AvgIpc) is 2.39. The van der Waals surface area contributed by atoms with Crippen molar-refractivity contribution in [1.29, 1.82) is 0 Å². The number of halogens is 1. The number of anilines is 2. The lowest BCUT2D eigenvalue weighted by atomic mass is 10.1. The third kappa shape index (κ3) is 2.62. The largest absolute Gasteiger partial charge is 0.504 e. The summed E-state index contributed by atoms with van der Waals surface area (Å²) < 4.78 is 0. The van der Waals surface area contributed by atoms with E-state index in [1.54, 1.807) is 13.0 Å². The van der Waals surface area contributed by atoms with Crippen molar-refractivity contribution in [1.82, 2.24) is 0 Å². The first-order valence-electron chi connectivity index (χ1n) is 5.78. The number of phenols is 2. The molecule has 20 heavy (non-hydrogen) atoms. The fourth-order valence-corrected chi connectivity index (χ4v) is 1.91. The molecular weight excluding hydrogens is 280 g/mol. The van der Waals surface area contributed by atoms with Gasteiger partial charge < -0.3 is 21.3 Å². The quantitative estimate of drug-likeness (QED) is 0.505. The first kappa shape index (κ1) is 14.0. The molecule has 0 bridgehead atoms. The second-order valence-corrected chi connectivity index (χ2v) is 4.72.